The summed E-state index contributed by atoms with van der Waals surface area (Å²) in [5.74, 6) is 1.62. The van der Waals surface area contributed by atoms with Crippen LogP contribution >= 0.6 is 0 Å². The number of aromatic nitrogens is 1. The van der Waals surface area contributed by atoms with Crippen LogP contribution in [0.25, 0.3) is 10.9 Å². The lowest BCUT2D eigenvalue weighted by atomic mass is 9.83. The van der Waals surface area contributed by atoms with Gasteiger partial charge in [-0.15, -0.1) is 0 Å². The number of ether oxygens (including phenoxy) is 1. The number of rotatable bonds is 9. The Morgan fingerprint density at radius 2 is 1.79 bits per heavy atom. The molecule has 6 rings (SSSR count). The summed E-state index contributed by atoms with van der Waals surface area (Å²) in [4.78, 5) is 36.5. The number of methoxy groups -OCH3 is 1. The van der Waals surface area contributed by atoms with E-state index in [0.717, 1.165) is 11.2 Å². The molecule has 2 N–H and O–H groups in total. The van der Waals surface area contributed by atoms with Crippen LogP contribution in [0.4, 0.5) is 5.69 Å². The highest BCUT2D eigenvalue weighted by Gasteiger charge is 2.60. The number of nitrogens with zero attached hydrogens (tertiary/aromatic N) is 2. The van der Waals surface area contributed by atoms with Gasteiger partial charge in [0.05, 0.1) is 19.9 Å². The Morgan fingerprint density at radius 1 is 1.07 bits per heavy atom. The minimum Gasteiger partial charge on any atom is -0.497 e. The zero-order valence-corrected chi connectivity index (χ0v) is 25.8. The van der Waals surface area contributed by atoms with Crippen molar-refractivity contribution in [2.45, 2.75) is 58.0 Å². The number of carbonyl (C=O) groups excluding carboxylic acids is 2. The summed E-state index contributed by atoms with van der Waals surface area (Å²) in [6.45, 7) is 8.32. The predicted molar refractivity (Wildman–Crippen MR) is 168 cm³/mol. The Kier molecular flexibility index (Phi) is 7.59. The molecule has 8 heteroatoms. The van der Waals surface area contributed by atoms with Crippen molar-refractivity contribution < 1.29 is 18.7 Å². The van der Waals surface area contributed by atoms with Gasteiger partial charge in [-0.1, -0.05) is 32.0 Å². The summed E-state index contributed by atoms with van der Waals surface area (Å²) in [6, 6.07) is 19.4. The van der Waals surface area contributed by atoms with Crippen molar-refractivity contribution in [2.24, 2.45) is 11.3 Å². The second-order valence-electron chi connectivity index (χ2n) is 12.9. The van der Waals surface area contributed by atoms with Crippen molar-refractivity contribution >= 4 is 28.4 Å². The van der Waals surface area contributed by atoms with Gasteiger partial charge in [0.1, 0.15) is 17.0 Å². The molecule has 2 aromatic heterocycles. The molecular weight excluding hydrogens is 540 g/mol. The van der Waals surface area contributed by atoms with E-state index >= 15 is 0 Å². The third-order valence-corrected chi connectivity index (χ3v) is 10.00. The molecule has 2 atom stereocenters. The van der Waals surface area contributed by atoms with Crippen molar-refractivity contribution in [1.29, 1.82) is 0 Å². The molecule has 2 unspecified atom stereocenters. The van der Waals surface area contributed by atoms with Crippen molar-refractivity contribution in [3.63, 3.8) is 0 Å². The number of H-pyrrole nitrogens is 1. The van der Waals surface area contributed by atoms with Crippen molar-refractivity contribution in [2.75, 3.05) is 32.6 Å². The molecule has 4 aromatic rings. The minimum absolute atomic E-state index is 0.0103. The fourth-order valence-corrected chi connectivity index (χ4v) is 7.26. The average molecular weight is 583 g/mol. The molecule has 0 radical (unpaired) electrons. The van der Waals surface area contributed by atoms with Crippen molar-refractivity contribution in [3.05, 3.63) is 83.9 Å². The number of carbonyl (C=O) groups is 2. The number of piperidine rings is 1. The Balaban J connectivity index is 1.32. The number of likely N-dealkylation sites (tertiary alicyclic amines) is 1. The van der Waals surface area contributed by atoms with E-state index in [1.54, 1.807) is 13.4 Å². The molecule has 0 bridgehead atoms. The van der Waals surface area contributed by atoms with Gasteiger partial charge < -0.3 is 29.3 Å². The number of hydrogen-bond donors (Lipinski definition) is 2. The molecule has 8 nitrogen and oxygen atoms in total. The monoisotopic (exact) mass is 582 g/mol. The summed E-state index contributed by atoms with van der Waals surface area (Å²) in [5.41, 5.74) is 3.21. The Hall–Kier alpha value is -4.04. The summed E-state index contributed by atoms with van der Waals surface area (Å²) in [6.07, 6.45) is 3.06. The van der Waals surface area contributed by atoms with E-state index in [9.17, 15) is 9.59 Å². The van der Waals surface area contributed by atoms with Crippen LogP contribution in [0.3, 0.4) is 0 Å². The molecule has 1 saturated heterocycles. The molecule has 1 aliphatic heterocycles. The van der Waals surface area contributed by atoms with Gasteiger partial charge in [0, 0.05) is 41.8 Å². The molecule has 2 amide bonds. The summed E-state index contributed by atoms with van der Waals surface area (Å²) in [5, 5.41) is 4.36. The van der Waals surface area contributed by atoms with Crippen LogP contribution in [0.15, 0.2) is 71.3 Å². The first-order valence-electron chi connectivity index (χ1n) is 15.2. The molecule has 3 heterocycles. The molecule has 226 valence electrons. The van der Waals surface area contributed by atoms with Gasteiger partial charge in [-0.25, -0.2) is 0 Å². The average Bonchev–Trinajstić information content (AvgIpc) is 3.37. The Morgan fingerprint density at radius 3 is 2.47 bits per heavy atom. The van der Waals surface area contributed by atoms with E-state index < -0.39 is 5.54 Å². The fourth-order valence-electron chi connectivity index (χ4n) is 7.26. The molecule has 2 aliphatic rings. The van der Waals surface area contributed by atoms with Gasteiger partial charge in [0.2, 0.25) is 11.8 Å². The van der Waals surface area contributed by atoms with Crippen LogP contribution in [-0.4, -0.2) is 59.4 Å². The summed E-state index contributed by atoms with van der Waals surface area (Å²) < 4.78 is 11.0. The van der Waals surface area contributed by atoms with Gasteiger partial charge in [-0.3, -0.25) is 9.59 Å². The Labute approximate surface area is 253 Å². The molecule has 2 aromatic carbocycles. The number of amides is 2. The molecule has 43 heavy (non-hydrogen) atoms. The summed E-state index contributed by atoms with van der Waals surface area (Å²) in [7, 11) is 3.68. The second-order valence-corrected chi connectivity index (χ2v) is 12.9. The van der Waals surface area contributed by atoms with Crippen LogP contribution in [0, 0.1) is 18.3 Å². The SMILES string of the molecule is COc1ccc(NC(=O)C2(N(Cc3ccco3)C(=O)CC3C(c4c(C)[nH]c5ccccc45)C3(C)C)CCN(C)CC2)cc1. The Bertz CT molecular complexity index is 1600. The van der Waals surface area contributed by atoms with Crippen LogP contribution in [0.5, 0.6) is 5.75 Å². The lowest BCUT2D eigenvalue weighted by molar-refractivity contribution is -0.150. The van der Waals surface area contributed by atoms with E-state index in [1.807, 2.05) is 47.4 Å². The van der Waals surface area contributed by atoms with Gasteiger partial charge in [0.15, 0.2) is 0 Å². The van der Waals surface area contributed by atoms with E-state index in [4.69, 9.17) is 9.15 Å². The van der Waals surface area contributed by atoms with Crippen LogP contribution in [0.1, 0.15) is 56.0 Å². The minimum atomic E-state index is -1.01. The lowest BCUT2D eigenvalue weighted by Crippen LogP contribution is -2.62. The smallest absolute Gasteiger partial charge is 0.250 e. The molecular formula is C35H42N4O4. The zero-order valence-electron chi connectivity index (χ0n) is 25.8. The highest BCUT2D eigenvalue weighted by Crippen LogP contribution is 2.67. The van der Waals surface area contributed by atoms with Gasteiger partial charge in [-0.05, 0) is 92.1 Å². The molecule has 1 saturated carbocycles. The number of anilines is 1. The number of para-hydroxylation sites is 1. The van der Waals surface area contributed by atoms with Gasteiger partial charge in [0.25, 0.3) is 0 Å². The third kappa shape index (κ3) is 5.33. The van der Waals surface area contributed by atoms with Gasteiger partial charge >= 0.3 is 0 Å². The van der Waals surface area contributed by atoms with Gasteiger partial charge in [-0.2, -0.15) is 0 Å². The number of fused-ring (bicyclic) bond motifs is 1. The maximum atomic E-state index is 14.6. The third-order valence-electron chi connectivity index (χ3n) is 10.00. The highest BCUT2D eigenvalue weighted by atomic mass is 16.5. The molecule has 2 fully saturated rings. The van der Waals surface area contributed by atoms with E-state index in [2.05, 4.69) is 61.2 Å². The maximum Gasteiger partial charge on any atom is 0.250 e. The van der Waals surface area contributed by atoms with Crippen LogP contribution in [0.2, 0.25) is 0 Å². The quantitative estimate of drug-likeness (QED) is 0.240. The largest absolute Gasteiger partial charge is 0.497 e. The van der Waals surface area contributed by atoms with Crippen LogP contribution < -0.4 is 10.1 Å². The number of aryl methyl sites for hydroxylation is 1. The van der Waals surface area contributed by atoms with E-state index in [1.165, 1.54) is 10.9 Å². The first-order chi connectivity index (χ1) is 20.6. The van der Waals surface area contributed by atoms with E-state index in [-0.39, 0.29) is 35.6 Å². The normalized spacial score (nSPS) is 21.0. The number of benzene rings is 2. The highest BCUT2D eigenvalue weighted by molar-refractivity contribution is 6.01. The predicted octanol–water partition coefficient (Wildman–Crippen LogP) is 6.34. The van der Waals surface area contributed by atoms with Crippen LogP contribution in [-0.2, 0) is 16.1 Å². The second kappa shape index (κ2) is 11.2. The first kappa shape index (κ1) is 29.1. The molecule has 1 aliphatic carbocycles. The van der Waals surface area contributed by atoms with Crippen molar-refractivity contribution in [3.8, 4) is 5.75 Å². The maximum absolute atomic E-state index is 14.6. The molecule has 0 spiro atoms. The standard InChI is InChI=1S/C35H42N4O4/c1-23-31(27-10-6-7-11-29(27)36-23)32-28(34(32,2)3)21-30(40)39(22-26-9-8-20-43-26)35(16-18-38(4)19-17-35)33(41)37-24-12-14-25(42-5)15-13-24/h6-15,20,28,32,36H,16-19,21-22H2,1-5H3,(H,37,41). The number of hydrogen-bond acceptors (Lipinski definition) is 5. The summed E-state index contributed by atoms with van der Waals surface area (Å²) >= 11 is 0. The number of aromatic amines is 1. The fraction of sp³-hybridized carbons (Fsp3) is 0.429. The number of nitrogens with one attached hydrogen (secondary N) is 2. The topological polar surface area (TPSA) is 90.8 Å². The number of furan rings is 1. The van der Waals surface area contributed by atoms with Crippen molar-refractivity contribution in [1.82, 2.24) is 14.8 Å². The lowest BCUT2D eigenvalue weighted by Gasteiger charge is -2.46. The van der Waals surface area contributed by atoms with E-state index in [0.29, 0.717) is 49.5 Å². The first-order valence-corrected chi connectivity index (χ1v) is 15.2. The zero-order chi connectivity index (χ0) is 30.4.